The second kappa shape index (κ2) is 7.55. The Morgan fingerprint density at radius 3 is 2.41 bits per heavy atom. The third-order valence-electron chi connectivity index (χ3n) is 5.11. The average Bonchev–Trinajstić information content (AvgIpc) is 3.23. The first-order valence-electron chi connectivity index (χ1n) is 9.26. The van der Waals surface area contributed by atoms with Gasteiger partial charge in [-0.15, -0.1) is 0 Å². The number of rotatable bonds is 6. The summed E-state index contributed by atoms with van der Waals surface area (Å²) in [5, 5.41) is 1.10. The third kappa shape index (κ3) is 3.33. The fourth-order valence-corrected chi connectivity index (χ4v) is 3.84. The molecule has 2 heterocycles. The van der Waals surface area contributed by atoms with Crippen LogP contribution in [0.5, 0.6) is 0 Å². The van der Waals surface area contributed by atoms with Crippen molar-refractivity contribution in [3.63, 3.8) is 0 Å². The van der Waals surface area contributed by atoms with Crippen molar-refractivity contribution in [2.75, 3.05) is 19.6 Å². The van der Waals surface area contributed by atoms with E-state index in [1.807, 2.05) is 18.2 Å². The van der Waals surface area contributed by atoms with Gasteiger partial charge in [-0.1, -0.05) is 55.2 Å². The molecule has 0 unspecified atom stereocenters. The number of fused-ring (bicyclic) bond motifs is 3. The van der Waals surface area contributed by atoms with E-state index in [2.05, 4.69) is 58.2 Å². The number of benzene rings is 2. The Hall–Kier alpha value is -2.01. The molecular formula is C21H22Cl2N4. The van der Waals surface area contributed by atoms with E-state index in [1.54, 1.807) is 0 Å². The molecule has 0 N–H and O–H groups in total. The van der Waals surface area contributed by atoms with Gasteiger partial charge in [0.05, 0.1) is 26.8 Å². The summed E-state index contributed by atoms with van der Waals surface area (Å²) < 4.78 is 4.46. The summed E-state index contributed by atoms with van der Waals surface area (Å²) in [5.74, 6) is 0.949. The van der Waals surface area contributed by atoms with Gasteiger partial charge in [0.25, 0.3) is 0 Å². The minimum Gasteiger partial charge on any atom is -0.308 e. The Labute approximate surface area is 168 Å². The predicted octanol–water partition coefficient (Wildman–Crippen LogP) is 5.60. The number of halogens is 2. The van der Waals surface area contributed by atoms with Crippen LogP contribution in [0.2, 0.25) is 10.0 Å². The van der Waals surface area contributed by atoms with Gasteiger partial charge >= 0.3 is 0 Å². The molecule has 27 heavy (non-hydrogen) atoms. The zero-order chi connectivity index (χ0) is 19.0. The molecule has 0 aliphatic heterocycles. The van der Waals surface area contributed by atoms with Gasteiger partial charge in [0.15, 0.2) is 0 Å². The van der Waals surface area contributed by atoms with E-state index in [-0.39, 0.29) is 0 Å². The number of hydrogen-bond donors (Lipinski definition) is 0. The standard InChI is InChI=1S/C21H22Cl2N4/c1-3-25(4-2)11-12-26-19-7-5-6-8-20(19)27-14-18(24-21(26)27)15-9-10-16(22)17(23)13-15/h5-10,13-14H,3-4,11-12H2,1-2H3. The first-order valence-corrected chi connectivity index (χ1v) is 10.0. The molecule has 0 spiro atoms. The molecule has 4 nitrogen and oxygen atoms in total. The van der Waals surface area contributed by atoms with Crippen molar-refractivity contribution >= 4 is 40.0 Å². The van der Waals surface area contributed by atoms with Gasteiger partial charge < -0.3 is 9.47 Å². The highest BCUT2D eigenvalue weighted by Gasteiger charge is 2.15. The molecule has 0 saturated heterocycles. The van der Waals surface area contributed by atoms with Crippen molar-refractivity contribution < 1.29 is 0 Å². The fourth-order valence-electron chi connectivity index (χ4n) is 3.54. The maximum absolute atomic E-state index is 6.20. The highest BCUT2D eigenvalue weighted by molar-refractivity contribution is 6.42. The Bertz CT molecular complexity index is 1090. The second-order valence-electron chi connectivity index (χ2n) is 6.59. The lowest BCUT2D eigenvalue weighted by Crippen LogP contribution is -2.27. The summed E-state index contributed by atoms with van der Waals surface area (Å²) in [4.78, 5) is 7.35. The topological polar surface area (TPSA) is 25.5 Å². The summed E-state index contributed by atoms with van der Waals surface area (Å²) >= 11 is 12.3. The molecule has 0 atom stereocenters. The molecule has 0 amide bonds. The van der Waals surface area contributed by atoms with E-state index in [4.69, 9.17) is 28.2 Å². The minimum absolute atomic E-state index is 0.543. The van der Waals surface area contributed by atoms with Gasteiger partial charge in [-0.25, -0.2) is 4.98 Å². The molecular weight excluding hydrogens is 379 g/mol. The molecule has 4 aromatic rings. The zero-order valence-electron chi connectivity index (χ0n) is 15.5. The monoisotopic (exact) mass is 400 g/mol. The van der Waals surface area contributed by atoms with E-state index in [1.165, 1.54) is 5.52 Å². The molecule has 0 fully saturated rings. The van der Waals surface area contributed by atoms with Gasteiger partial charge in [-0.2, -0.15) is 0 Å². The summed E-state index contributed by atoms with van der Waals surface area (Å²) in [5.41, 5.74) is 4.22. The molecule has 140 valence electrons. The van der Waals surface area contributed by atoms with Crippen LogP contribution in [0, 0.1) is 0 Å². The largest absolute Gasteiger partial charge is 0.308 e. The van der Waals surface area contributed by atoms with Crippen LogP contribution in [0.3, 0.4) is 0 Å². The number of hydrogen-bond acceptors (Lipinski definition) is 2. The Balaban J connectivity index is 1.82. The number of nitrogens with zero attached hydrogens (tertiary/aromatic N) is 4. The van der Waals surface area contributed by atoms with Crippen LogP contribution in [-0.2, 0) is 6.54 Å². The van der Waals surface area contributed by atoms with Crippen molar-refractivity contribution in [1.29, 1.82) is 0 Å². The van der Waals surface area contributed by atoms with Crippen molar-refractivity contribution in [3.05, 3.63) is 58.7 Å². The smallest absolute Gasteiger partial charge is 0.215 e. The lowest BCUT2D eigenvalue weighted by molar-refractivity contribution is 0.293. The Morgan fingerprint density at radius 2 is 1.70 bits per heavy atom. The van der Waals surface area contributed by atoms with Crippen LogP contribution >= 0.6 is 23.2 Å². The second-order valence-corrected chi connectivity index (χ2v) is 7.41. The highest BCUT2D eigenvalue weighted by Crippen LogP contribution is 2.30. The van der Waals surface area contributed by atoms with E-state index in [9.17, 15) is 0 Å². The normalized spacial score (nSPS) is 11.9. The van der Waals surface area contributed by atoms with Crippen LogP contribution in [0.4, 0.5) is 0 Å². The van der Waals surface area contributed by atoms with Gasteiger partial charge in [-0.3, -0.25) is 4.40 Å². The van der Waals surface area contributed by atoms with E-state index in [0.717, 1.165) is 48.7 Å². The van der Waals surface area contributed by atoms with Gasteiger partial charge in [0.2, 0.25) is 5.78 Å². The lowest BCUT2D eigenvalue weighted by Gasteiger charge is -2.18. The van der Waals surface area contributed by atoms with Crippen LogP contribution in [-0.4, -0.2) is 38.5 Å². The molecule has 0 saturated carbocycles. The lowest BCUT2D eigenvalue weighted by atomic mass is 10.2. The first-order chi connectivity index (χ1) is 13.1. The molecule has 2 aromatic heterocycles. The number of para-hydroxylation sites is 2. The third-order valence-corrected chi connectivity index (χ3v) is 5.85. The van der Waals surface area contributed by atoms with Gasteiger partial charge in [0.1, 0.15) is 0 Å². The summed E-state index contributed by atoms with van der Waals surface area (Å²) in [6, 6.07) is 14.1. The number of likely N-dealkylation sites (N-methyl/N-ethyl adjacent to an activating group) is 1. The first kappa shape index (κ1) is 18.4. The molecule has 0 aliphatic carbocycles. The quantitative estimate of drug-likeness (QED) is 0.420. The average molecular weight is 401 g/mol. The molecule has 0 bridgehead atoms. The maximum atomic E-state index is 6.20. The molecule has 6 heteroatoms. The molecule has 0 aliphatic rings. The van der Waals surface area contributed by atoms with Gasteiger partial charge in [-0.05, 0) is 37.4 Å². The van der Waals surface area contributed by atoms with Crippen LogP contribution in [0.25, 0.3) is 28.1 Å². The molecule has 0 radical (unpaired) electrons. The Kier molecular flexibility index (Phi) is 5.13. The summed E-state index contributed by atoms with van der Waals surface area (Å²) in [6.45, 7) is 8.40. The van der Waals surface area contributed by atoms with Crippen LogP contribution in [0.15, 0.2) is 48.7 Å². The fraction of sp³-hybridized carbons (Fsp3) is 0.286. The zero-order valence-corrected chi connectivity index (χ0v) is 17.0. The predicted molar refractivity (Wildman–Crippen MR) is 114 cm³/mol. The summed E-state index contributed by atoms with van der Waals surface area (Å²) in [6.07, 6.45) is 2.07. The van der Waals surface area contributed by atoms with Crippen LogP contribution in [0.1, 0.15) is 13.8 Å². The van der Waals surface area contributed by atoms with E-state index >= 15 is 0 Å². The van der Waals surface area contributed by atoms with Crippen molar-refractivity contribution in [2.24, 2.45) is 0 Å². The molecule has 4 rings (SSSR count). The van der Waals surface area contributed by atoms with Crippen molar-refractivity contribution in [2.45, 2.75) is 20.4 Å². The maximum Gasteiger partial charge on any atom is 0.215 e. The highest BCUT2D eigenvalue weighted by atomic mass is 35.5. The van der Waals surface area contributed by atoms with Crippen molar-refractivity contribution in [1.82, 2.24) is 18.9 Å². The molecule has 2 aromatic carbocycles. The minimum atomic E-state index is 0.543. The number of imidazole rings is 2. The SMILES string of the molecule is CCN(CC)CCn1c2ccccc2n2cc(-c3ccc(Cl)c(Cl)c3)nc12. The van der Waals surface area contributed by atoms with Crippen molar-refractivity contribution in [3.8, 4) is 11.3 Å². The van der Waals surface area contributed by atoms with E-state index < -0.39 is 0 Å². The van der Waals surface area contributed by atoms with Crippen LogP contribution < -0.4 is 0 Å². The van der Waals surface area contributed by atoms with Gasteiger partial charge in [0, 0.05) is 24.8 Å². The number of aromatic nitrogens is 3. The van der Waals surface area contributed by atoms with E-state index in [0.29, 0.717) is 10.0 Å². The Morgan fingerprint density at radius 1 is 0.963 bits per heavy atom. The summed E-state index contributed by atoms with van der Waals surface area (Å²) in [7, 11) is 0.